The van der Waals surface area contributed by atoms with E-state index in [-0.39, 0.29) is 23.3 Å². The predicted octanol–water partition coefficient (Wildman–Crippen LogP) is 2.03. The van der Waals surface area contributed by atoms with E-state index in [1.807, 2.05) is 11.9 Å². The summed E-state index contributed by atoms with van der Waals surface area (Å²) in [5.41, 5.74) is 0.602. The monoisotopic (exact) mass is 315 g/mol. The summed E-state index contributed by atoms with van der Waals surface area (Å²) < 4.78 is 22.9. The van der Waals surface area contributed by atoms with Crippen LogP contribution < -0.4 is 0 Å². The molecule has 2 rings (SSSR count). The third-order valence-corrected chi connectivity index (χ3v) is 5.66. The zero-order valence-corrected chi connectivity index (χ0v) is 13.0. The van der Waals surface area contributed by atoms with E-state index < -0.39 is 9.84 Å². The van der Waals surface area contributed by atoms with Crippen molar-refractivity contribution in [1.29, 1.82) is 0 Å². The molecular formula is C14H18ClNO3S. The Bertz CT molecular complexity index is 600. The highest BCUT2D eigenvalue weighted by atomic mass is 35.5. The van der Waals surface area contributed by atoms with Crippen molar-refractivity contribution in [1.82, 2.24) is 4.90 Å². The van der Waals surface area contributed by atoms with Gasteiger partial charge in [0.1, 0.15) is 0 Å². The molecule has 0 aliphatic carbocycles. The molecule has 0 bridgehead atoms. The number of nitrogens with zero attached hydrogens (tertiary/aromatic N) is 1. The van der Waals surface area contributed by atoms with Crippen molar-refractivity contribution in [3.8, 4) is 0 Å². The summed E-state index contributed by atoms with van der Waals surface area (Å²) in [6.45, 7) is 0.561. The second-order valence-corrected chi connectivity index (χ2v) is 7.89. The number of hydrogen-bond donors (Lipinski definition) is 0. The number of carbonyl (C=O) groups is 1. The molecule has 0 N–H and O–H groups in total. The van der Waals surface area contributed by atoms with Gasteiger partial charge in [-0.2, -0.15) is 0 Å². The minimum Gasteiger partial charge on any atom is -0.302 e. The molecule has 1 atom stereocenters. The molecule has 4 nitrogen and oxygen atoms in total. The van der Waals surface area contributed by atoms with Gasteiger partial charge in [-0.05, 0) is 25.6 Å². The highest BCUT2D eigenvalue weighted by molar-refractivity contribution is 7.91. The van der Waals surface area contributed by atoms with Gasteiger partial charge in [0.2, 0.25) is 0 Å². The molecule has 20 heavy (non-hydrogen) atoms. The van der Waals surface area contributed by atoms with Crippen LogP contribution in [0, 0.1) is 0 Å². The first-order valence-electron chi connectivity index (χ1n) is 6.57. The van der Waals surface area contributed by atoms with Gasteiger partial charge in [0.25, 0.3) is 0 Å². The molecule has 1 fully saturated rings. The smallest absolute Gasteiger partial charge is 0.164 e. The van der Waals surface area contributed by atoms with Gasteiger partial charge in [-0.3, -0.25) is 4.79 Å². The molecule has 0 radical (unpaired) electrons. The molecule has 0 saturated carbocycles. The number of carbonyl (C=O) groups excluding carboxylic acids is 1. The van der Waals surface area contributed by atoms with Crippen LogP contribution in [0.2, 0.25) is 5.02 Å². The molecule has 0 aromatic heterocycles. The Morgan fingerprint density at radius 1 is 1.45 bits per heavy atom. The summed E-state index contributed by atoms with van der Waals surface area (Å²) in [7, 11) is -1.01. The van der Waals surface area contributed by atoms with Crippen LogP contribution in [0.1, 0.15) is 23.2 Å². The van der Waals surface area contributed by atoms with Crippen molar-refractivity contribution in [2.45, 2.75) is 18.9 Å². The number of halogens is 1. The van der Waals surface area contributed by atoms with Crippen LogP contribution in [0.15, 0.2) is 24.3 Å². The Morgan fingerprint density at radius 2 is 2.20 bits per heavy atom. The van der Waals surface area contributed by atoms with Crippen molar-refractivity contribution >= 4 is 27.2 Å². The maximum absolute atomic E-state index is 12.0. The van der Waals surface area contributed by atoms with Crippen LogP contribution in [0.3, 0.4) is 0 Å². The molecule has 1 heterocycles. The van der Waals surface area contributed by atoms with Gasteiger partial charge < -0.3 is 4.90 Å². The van der Waals surface area contributed by atoms with E-state index in [0.29, 0.717) is 30.0 Å². The molecule has 1 aliphatic rings. The first kappa shape index (κ1) is 15.5. The number of Topliss-reactive ketones (excluding diaryl/α,β-unsaturated/α-hetero) is 1. The quantitative estimate of drug-likeness (QED) is 0.780. The van der Waals surface area contributed by atoms with Crippen molar-refractivity contribution in [2.24, 2.45) is 0 Å². The molecule has 0 amide bonds. The van der Waals surface area contributed by atoms with Gasteiger partial charge in [0, 0.05) is 29.6 Å². The van der Waals surface area contributed by atoms with Crippen LogP contribution in [-0.4, -0.2) is 50.2 Å². The topological polar surface area (TPSA) is 54.5 Å². The molecule has 6 heteroatoms. The third kappa shape index (κ3) is 4.04. The fourth-order valence-corrected chi connectivity index (χ4v) is 4.39. The van der Waals surface area contributed by atoms with E-state index in [9.17, 15) is 13.2 Å². The first-order valence-corrected chi connectivity index (χ1v) is 8.77. The Morgan fingerprint density at radius 3 is 2.80 bits per heavy atom. The lowest BCUT2D eigenvalue weighted by Crippen LogP contribution is -2.34. The molecule has 1 saturated heterocycles. The third-order valence-electron chi connectivity index (χ3n) is 3.67. The van der Waals surface area contributed by atoms with Crippen LogP contribution in [0.25, 0.3) is 0 Å². The second kappa shape index (κ2) is 6.24. The zero-order valence-electron chi connectivity index (χ0n) is 11.4. The van der Waals surface area contributed by atoms with Crippen LogP contribution >= 0.6 is 11.6 Å². The van der Waals surface area contributed by atoms with Gasteiger partial charge in [-0.25, -0.2) is 8.42 Å². The minimum atomic E-state index is -2.88. The van der Waals surface area contributed by atoms with Gasteiger partial charge in [0.15, 0.2) is 15.6 Å². The standard InChI is InChI=1S/C14H18ClNO3S/c1-16(13-6-8-20(18,19)10-13)7-5-14(17)11-3-2-4-12(15)9-11/h2-4,9,13H,5-8,10H2,1H3. The summed E-state index contributed by atoms with van der Waals surface area (Å²) in [5, 5.41) is 0.547. The fraction of sp³-hybridized carbons (Fsp3) is 0.500. The molecule has 1 aromatic rings. The summed E-state index contributed by atoms with van der Waals surface area (Å²) in [4.78, 5) is 14.0. The highest BCUT2D eigenvalue weighted by Gasteiger charge is 2.30. The Labute approximate surface area is 124 Å². The highest BCUT2D eigenvalue weighted by Crippen LogP contribution is 2.17. The summed E-state index contributed by atoms with van der Waals surface area (Å²) in [6, 6.07) is 6.92. The maximum Gasteiger partial charge on any atom is 0.164 e. The minimum absolute atomic E-state index is 0.0280. The number of benzene rings is 1. The van der Waals surface area contributed by atoms with Gasteiger partial charge in [-0.15, -0.1) is 0 Å². The first-order chi connectivity index (χ1) is 9.37. The number of sulfone groups is 1. The summed E-state index contributed by atoms with van der Waals surface area (Å²) >= 11 is 5.86. The van der Waals surface area contributed by atoms with Crippen molar-refractivity contribution in [3.05, 3.63) is 34.9 Å². The Kier molecular flexibility index (Phi) is 4.83. The lowest BCUT2D eigenvalue weighted by molar-refractivity contribution is 0.0963. The van der Waals surface area contributed by atoms with E-state index in [4.69, 9.17) is 11.6 Å². The summed E-state index contributed by atoms with van der Waals surface area (Å²) in [5.74, 6) is 0.485. The molecule has 110 valence electrons. The van der Waals surface area contributed by atoms with Gasteiger partial charge in [-0.1, -0.05) is 23.7 Å². The number of rotatable bonds is 5. The largest absolute Gasteiger partial charge is 0.302 e. The molecule has 0 spiro atoms. The van der Waals surface area contributed by atoms with Crippen molar-refractivity contribution < 1.29 is 13.2 Å². The van der Waals surface area contributed by atoms with E-state index in [1.54, 1.807) is 24.3 Å². The van der Waals surface area contributed by atoms with Gasteiger partial charge >= 0.3 is 0 Å². The number of hydrogen-bond acceptors (Lipinski definition) is 4. The average molecular weight is 316 g/mol. The SMILES string of the molecule is CN(CCC(=O)c1cccc(Cl)c1)C1CCS(=O)(=O)C1. The molecular weight excluding hydrogens is 298 g/mol. The van der Waals surface area contributed by atoms with E-state index in [2.05, 4.69) is 0 Å². The van der Waals surface area contributed by atoms with E-state index in [0.717, 1.165) is 0 Å². The van der Waals surface area contributed by atoms with E-state index in [1.165, 1.54) is 0 Å². The van der Waals surface area contributed by atoms with Crippen molar-refractivity contribution in [3.63, 3.8) is 0 Å². The normalized spacial score (nSPS) is 21.2. The second-order valence-electron chi connectivity index (χ2n) is 5.22. The number of ketones is 1. The lowest BCUT2D eigenvalue weighted by atomic mass is 10.1. The van der Waals surface area contributed by atoms with Crippen LogP contribution in [-0.2, 0) is 9.84 Å². The van der Waals surface area contributed by atoms with Crippen LogP contribution in [0.4, 0.5) is 0 Å². The zero-order chi connectivity index (χ0) is 14.8. The van der Waals surface area contributed by atoms with E-state index >= 15 is 0 Å². The Hall–Kier alpha value is -0.910. The fourth-order valence-electron chi connectivity index (χ4n) is 2.39. The maximum atomic E-state index is 12.0. The van der Waals surface area contributed by atoms with Crippen LogP contribution in [0.5, 0.6) is 0 Å². The lowest BCUT2D eigenvalue weighted by Gasteiger charge is -2.22. The average Bonchev–Trinajstić information content (AvgIpc) is 2.76. The molecule has 1 aliphatic heterocycles. The van der Waals surface area contributed by atoms with Crippen molar-refractivity contribution in [2.75, 3.05) is 25.1 Å². The predicted molar refractivity (Wildman–Crippen MR) is 80.1 cm³/mol. The molecule has 1 aromatic carbocycles. The summed E-state index contributed by atoms with van der Waals surface area (Å²) in [6.07, 6.45) is 1.03. The molecule has 1 unspecified atom stereocenters. The Balaban J connectivity index is 1.87. The van der Waals surface area contributed by atoms with Gasteiger partial charge in [0.05, 0.1) is 11.5 Å².